The number of phenols is 1. The molecule has 0 spiro atoms. The van der Waals surface area contributed by atoms with Crippen LogP contribution in [0.5, 0.6) is 5.75 Å². The maximum absolute atomic E-state index is 12.6. The predicted molar refractivity (Wildman–Crippen MR) is 131 cm³/mol. The Morgan fingerprint density at radius 3 is 2.41 bits per heavy atom. The van der Waals surface area contributed by atoms with E-state index in [1.54, 1.807) is 12.1 Å². The van der Waals surface area contributed by atoms with Crippen molar-refractivity contribution in [3.8, 4) is 16.9 Å². The van der Waals surface area contributed by atoms with Crippen LogP contribution in [0.1, 0.15) is 15.9 Å². The molecule has 5 rings (SSSR count). The quantitative estimate of drug-likeness (QED) is 0.286. The molecule has 32 heavy (non-hydrogen) atoms. The molecule has 1 N–H and O–H groups in total. The second kappa shape index (κ2) is 8.17. The van der Waals surface area contributed by atoms with E-state index in [0.717, 1.165) is 32.2 Å². The first-order valence-electron chi connectivity index (χ1n) is 10.2. The van der Waals surface area contributed by atoms with Crippen molar-refractivity contribution < 1.29 is 14.6 Å². The second-order valence-corrected chi connectivity index (χ2v) is 8.58. The number of phenolic OH excluding ortho intramolecular Hbond substituents is 1. The minimum Gasteiger partial charge on any atom is -0.507 e. The highest BCUT2D eigenvalue weighted by molar-refractivity contribution is 9.10. The fourth-order valence-electron chi connectivity index (χ4n) is 4.30. The van der Waals surface area contributed by atoms with E-state index in [-0.39, 0.29) is 5.75 Å². The van der Waals surface area contributed by atoms with Gasteiger partial charge in [0.25, 0.3) is 0 Å². The number of methoxy groups -OCH3 is 1. The SMILES string of the molecule is COC(=O)c1cccc2c1c1c(O)cc(-c3ccccc3)cc1n2Cc1cccc(Br)c1. The van der Waals surface area contributed by atoms with Crippen molar-refractivity contribution in [2.24, 2.45) is 0 Å². The molecular formula is C27H20BrNO3. The minimum atomic E-state index is -0.427. The van der Waals surface area contributed by atoms with Crippen molar-refractivity contribution in [3.63, 3.8) is 0 Å². The molecule has 0 bridgehead atoms. The molecule has 4 nitrogen and oxygen atoms in total. The summed E-state index contributed by atoms with van der Waals surface area (Å²) < 4.78 is 8.18. The summed E-state index contributed by atoms with van der Waals surface area (Å²) in [5, 5.41) is 12.5. The molecule has 0 fully saturated rings. The lowest BCUT2D eigenvalue weighted by Crippen LogP contribution is -2.02. The fraction of sp³-hybridized carbons (Fsp3) is 0.0741. The van der Waals surface area contributed by atoms with E-state index in [0.29, 0.717) is 22.9 Å². The zero-order chi connectivity index (χ0) is 22.2. The monoisotopic (exact) mass is 485 g/mol. The number of aromatic hydroxyl groups is 1. The van der Waals surface area contributed by atoms with Crippen molar-refractivity contribution in [2.75, 3.05) is 7.11 Å². The summed E-state index contributed by atoms with van der Waals surface area (Å²) in [6.45, 7) is 0.585. The number of benzene rings is 4. The van der Waals surface area contributed by atoms with E-state index >= 15 is 0 Å². The molecule has 1 aromatic heterocycles. The first-order valence-corrected chi connectivity index (χ1v) is 11.0. The Hall–Kier alpha value is -3.57. The van der Waals surface area contributed by atoms with E-state index < -0.39 is 5.97 Å². The lowest BCUT2D eigenvalue weighted by molar-refractivity contribution is 0.0603. The molecule has 0 amide bonds. The molecule has 0 radical (unpaired) electrons. The second-order valence-electron chi connectivity index (χ2n) is 7.66. The smallest absolute Gasteiger partial charge is 0.338 e. The topological polar surface area (TPSA) is 51.5 Å². The maximum atomic E-state index is 12.6. The van der Waals surface area contributed by atoms with Crippen LogP contribution in [0.25, 0.3) is 32.9 Å². The number of nitrogens with zero attached hydrogens (tertiary/aromatic N) is 1. The number of carbonyl (C=O) groups excluding carboxylic acids is 1. The zero-order valence-corrected chi connectivity index (χ0v) is 19.0. The van der Waals surface area contributed by atoms with E-state index in [2.05, 4.69) is 38.7 Å². The largest absolute Gasteiger partial charge is 0.507 e. The molecule has 0 aliphatic rings. The molecule has 0 saturated heterocycles. The summed E-state index contributed by atoms with van der Waals surface area (Å²) >= 11 is 3.55. The van der Waals surface area contributed by atoms with Crippen LogP contribution in [0.2, 0.25) is 0 Å². The normalized spacial score (nSPS) is 11.2. The van der Waals surface area contributed by atoms with Gasteiger partial charge in [-0.25, -0.2) is 4.79 Å². The van der Waals surface area contributed by atoms with Crippen molar-refractivity contribution >= 4 is 43.7 Å². The standard InChI is InChI=1S/C27H20BrNO3/c1-32-27(31)21-11-6-12-22-25(21)26-23(29(22)16-17-7-5-10-20(28)13-17)14-19(15-24(26)30)18-8-3-2-4-9-18/h2-15,30H,16H2,1H3. The van der Waals surface area contributed by atoms with Gasteiger partial charge in [0.2, 0.25) is 0 Å². The van der Waals surface area contributed by atoms with Gasteiger partial charge in [-0.15, -0.1) is 0 Å². The lowest BCUT2D eigenvalue weighted by atomic mass is 10.0. The minimum absolute atomic E-state index is 0.135. The van der Waals surface area contributed by atoms with Crippen LogP contribution in [-0.2, 0) is 11.3 Å². The lowest BCUT2D eigenvalue weighted by Gasteiger charge is -2.10. The molecule has 0 unspecified atom stereocenters. The number of rotatable bonds is 4. The van der Waals surface area contributed by atoms with Gasteiger partial charge in [-0.2, -0.15) is 0 Å². The van der Waals surface area contributed by atoms with Crippen LogP contribution in [-0.4, -0.2) is 22.8 Å². The first kappa shape index (κ1) is 20.3. The number of fused-ring (bicyclic) bond motifs is 3. The molecule has 0 aliphatic carbocycles. The third-order valence-electron chi connectivity index (χ3n) is 5.71. The summed E-state index contributed by atoms with van der Waals surface area (Å²) in [7, 11) is 1.37. The van der Waals surface area contributed by atoms with Crippen molar-refractivity contribution in [1.29, 1.82) is 0 Å². The third kappa shape index (κ3) is 3.45. The Balaban J connectivity index is 1.86. The Labute approximate surface area is 193 Å². The number of aromatic nitrogens is 1. The zero-order valence-electron chi connectivity index (χ0n) is 17.4. The van der Waals surface area contributed by atoms with Crippen LogP contribution in [0.3, 0.4) is 0 Å². The van der Waals surface area contributed by atoms with Gasteiger partial charge < -0.3 is 14.4 Å². The van der Waals surface area contributed by atoms with E-state index in [1.807, 2.05) is 54.6 Å². The van der Waals surface area contributed by atoms with Crippen molar-refractivity contribution in [3.05, 3.63) is 101 Å². The van der Waals surface area contributed by atoms with Gasteiger partial charge in [0.1, 0.15) is 5.75 Å². The molecule has 1 heterocycles. The van der Waals surface area contributed by atoms with Gasteiger partial charge in [-0.1, -0.05) is 64.5 Å². The van der Waals surface area contributed by atoms with Crippen molar-refractivity contribution in [1.82, 2.24) is 4.57 Å². The van der Waals surface area contributed by atoms with Crippen LogP contribution in [0.4, 0.5) is 0 Å². The highest BCUT2D eigenvalue weighted by Crippen LogP contribution is 2.40. The van der Waals surface area contributed by atoms with E-state index in [1.165, 1.54) is 7.11 Å². The number of esters is 1. The molecule has 5 aromatic rings. The summed E-state index contributed by atoms with van der Waals surface area (Å²) in [5.41, 5.74) is 5.18. The summed E-state index contributed by atoms with van der Waals surface area (Å²) in [4.78, 5) is 12.6. The Bertz CT molecular complexity index is 1470. The Morgan fingerprint density at radius 1 is 0.875 bits per heavy atom. The van der Waals surface area contributed by atoms with Crippen LogP contribution in [0.15, 0.2) is 89.4 Å². The number of halogens is 1. The van der Waals surface area contributed by atoms with Gasteiger partial charge in [0.05, 0.1) is 29.1 Å². The molecule has 0 aliphatic heterocycles. The van der Waals surface area contributed by atoms with Crippen LogP contribution >= 0.6 is 15.9 Å². The van der Waals surface area contributed by atoms with Crippen LogP contribution < -0.4 is 0 Å². The third-order valence-corrected chi connectivity index (χ3v) is 6.21. The number of hydrogen-bond donors (Lipinski definition) is 1. The van der Waals surface area contributed by atoms with Gasteiger partial charge in [-0.05, 0) is 53.1 Å². The Morgan fingerprint density at radius 2 is 1.66 bits per heavy atom. The van der Waals surface area contributed by atoms with E-state index in [4.69, 9.17) is 4.74 Å². The van der Waals surface area contributed by atoms with Gasteiger partial charge in [0.15, 0.2) is 0 Å². The molecule has 0 saturated carbocycles. The highest BCUT2D eigenvalue weighted by Gasteiger charge is 2.21. The molecule has 5 heteroatoms. The van der Waals surface area contributed by atoms with Gasteiger partial charge in [-0.3, -0.25) is 0 Å². The van der Waals surface area contributed by atoms with Gasteiger partial charge >= 0.3 is 5.97 Å². The predicted octanol–water partition coefficient (Wildman–Crippen LogP) is 6.76. The van der Waals surface area contributed by atoms with Crippen LogP contribution in [0, 0.1) is 0 Å². The average Bonchev–Trinajstić information content (AvgIpc) is 3.13. The van der Waals surface area contributed by atoms with E-state index in [9.17, 15) is 9.90 Å². The molecule has 158 valence electrons. The maximum Gasteiger partial charge on any atom is 0.338 e. The highest BCUT2D eigenvalue weighted by atomic mass is 79.9. The fourth-order valence-corrected chi connectivity index (χ4v) is 4.75. The first-order chi connectivity index (χ1) is 15.6. The molecular weight excluding hydrogens is 466 g/mol. The summed E-state index contributed by atoms with van der Waals surface area (Å²) in [5.74, 6) is -0.292. The molecule has 4 aromatic carbocycles. The number of hydrogen-bond acceptors (Lipinski definition) is 3. The summed E-state index contributed by atoms with van der Waals surface area (Å²) in [6, 6.07) is 27.5. The Kier molecular flexibility index (Phi) is 5.19. The summed E-state index contributed by atoms with van der Waals surface area (Å²) in [6.07, 6.45) is 0. The van der Waals surface area contributed by atoms with Crippen molar-refractivity contribution in [2.45, 2.75) is 6.54 Å². The molecule has 0 atom stereocenters. The van der Waals surface area contributed by atoms with Gasteiger partial charge in [0, 0.05) is 16.4 Å². The number of ether oxygens (including phenoxy) is 1. The average molecular weight is 486 g/mol. The number of carbonyl (C=O) groups is 1.